The minimum atomic E-state index is 0.253. The lowest BCUT2D eigenvalue weighted by Gasteiger charge is -2.24. The van der Waals surface area contributed by atoms with Gasteiger partial charge in [-0.25, -0.2) is 0 Å². The molecule has 0 spiro atoms. The van der Waals surface area contributed by atoms with Crippen LogP contribution in [0.1, 0.15) is 26.2 Å². The van der Waals surface area contributed by atoms with Crippen LogP contribution in [0.3, 0.4) is 0 Å². The van der Waals surface area contributed by atoms with E-state index in [-0.39, 0.29) is 5.91 Å². The number of nitrogens with one attached hydrogen (secondary N) is 1. The zero-order valence-electron chi connectivity index (χ0n) is 11.3. The fourth-order valence-electron chi connectivity index (χ4n) is 2.85. The fourth-order valence-corrected chi connectivity index (χ4v) is 4.05. The van der Waals surface area contributed by atoms with Crippen LogP contribution in [-0.2, 0) is 4.79 Å². The van der Waals surface area contributed by atoms with Crippen molar-refractivity contribution in [3.05, 3.63) is 24.3 Å². The minimum absolute atomic E-state index is 0.253. The lowest BCUT2D eigenvalue weighted by atomic mass is 10.1. The van der Waals surface area contributed by atoms with Gasteiger partial charge in [-0.15, -0.1) is 0 Å². The van der Waals surface area contributed by atoms with E-state index < -0.39 is 0 Å². The van der Waals surface area contributed by atoms with Gasteiger partial charge < -0.3 is 10.2 Å². The molecule has 1 N–H and O–H groups in total. The van der Waals surface area contributed by atoms with Crippen LogP contribution >= 0.6 is 11.8 Å². The molecule has 0 bridgehead atoms. The number of hydrogen-bond acceptors (Lipinski definition) is 3. The van der Waals surface area contributed by atoms with E-state index >= 15 is 0 Å². The molecule has 2 saturated heterocycles. The monoisotopic (exact) mass is 276 g/mol. The predicted octanol–water partition coefficient (Wildman–Crippen LogP) is 3.12. The largest absolute Gasteiger partial charge is 0.379 e. The van der Waals surface area contributed by atoms with Crippen molar-refractivity contribution in [2.45, 2.75) is 37.5 Å². The summed E-state index contributed by atoms with van der Waals surface area (Å²) in [4.78, 5) is 13.8. The van der Waals surface area contributed by atoms with Crippen LogP contribution in [-0.4, -0.2) is 29.5 Å². The third-order valence-corrected chi connectivity index (χ3v) is 5.31. The highest BCUT2D eigenvalue weighted by Gasteiger charge is 2.27. The number of para-hydroxylation sites is 2. The second-order valence-electron chi connectivity index (χ2n) is 5.28. The number of carbonyl (C=O) groups excluding carboxylic acids is 1. The first kappa shape index (κ1) is 12.9. The van der Waals surface area contributed by atoms with E-state index in [1.54, 1.807) is 0 Å². The molecule has 0 radical (unpaired) electrons. The van der Waals surface area contributed by atoms with Crippen LogP contribution in [0.2, 0.25) is 0 Å². The maximum Gasteiger partial charge on any atom is 0.227 e. The summed E-state index contributed by atoms with van der Waals surface area (Å²) in [5, 5.41) is 4.28. The van der Waals surface area contributed by atoms with Crippen LogP contribution in [0, 0.1) is 0 Å². The molecule has 102 valence electrons. The second kappa shape index (κ2) is 5.45. The summed E-state index contributed by atoms with van der Waals surface area (Å²) in [6.45, 7) is 3.13. The van der Waals surface area contributed by atoms with Crippen molar-refractivity contribution < 1.29 is 4.79 Å². The molecule has 2 heterocycles. The smallest absolute Gasteiger partial charge is 0.227 e. The molecular formula is C15H20N2OS. The third kappa shape index (κ3) is 2.59. The number of benzene rings is 1. The molecule has 19 heavy (non-hydrogen) atoms. The lowest BCUT2D eigenvalue weighted by molar-refractivity contribution is -0.117. The van der Waals surface area contributed by atoms with E-state index in [4.69, 9.17) is 0 Å². The second-order valence-corrected chi connectivity index (χ2v) is 6.77. The molecule has 1 amide bonds. The van der Waals surface area contributed by atoms with Crippen LogP contribution < -0.4 is 10.2 Å². The maximum absolute atomic E-state index is 11.9. The Morgan fingerprint density at radius 2 is 2.21 bits per heavy atom. The first-order chi connectivity index (χ1) is 9.25. The van der Waals surface area contributed by atoms with Gasteiger partial charge in [0.1, 0.15) is 0 Å². The van der Waals surface area contributed by atoms with E-state index in [9.17, 15) is 4.79 Å². The highest BCUT2D eigenvalue weighted by molar-refractivity contribution is 8.00. The first-order valence-corrected chi connectivity index (χ1v) is 8.08. The van der Waals surface area contributed by atoms with Crippen LogP contribution in [0.15, 0.2) is 24.3 Å². The Labute approximate surface area is 118 Å². The molecule has 2 atom stereocenters. The number of hydrogen-bond donors (Lipinski definition) is 1. The van der Waals surface area contributed by atoms with Gasteiger partial charge in [0, 0.05) is 24.3 Å². The molecule has 1 aromatic rings. The molecule has 2 aliphatic heterocycles. The molecule has 2 aliphatic rings. The van der Waals surface area contributed by atoms with Crippen LogP contribution in [0.4, 0.5) is 11.4 Å². The topological polar surface area (TPSA) is 32.3 Å². The molecule has 0 saturated carbocycles. The summed E-state index contributed by atoms with van der Waals surface area (Å²) >= 11 is 2.02. The Morgan fingerprint density at radius 1 is 1.37 bits per heavy atom. The number of thioether (sulfide) groups is 1. The first-order valence-electron chi connectivity index (χ1n) is 7.03. The molecule has 2 fully saturated rings. The van der Waals surface area contributed by atoms with E-state index in [0.29, 0.717) is 17.7 Å². The van der Waals surface area contributed by atoms with Crippen LogP contribution in [0.25, 0.3) is 0 Å². The number of nitrogens with zero attached hydrogens (tertiary/aromatic N) is 1. The van der Waals surface area contributed by atoms with Gasteiger partial charge in [-0.1, -0.05) is 19.1 Å². The number of carbonyl (C=O) groups is 1. The van der Waals surface area contributed by atoms with Gasteiger partial charge in [0.2, 0.25) is 5.91 Å². The normalized spacial score (nSPS) is 27.0. The van der Waals surface area contributed by atoms with Gasteiger partial charge in [-0.2, -0.15) is 11.8 Å². The Balaban J connectivity index is 1.83. The van der Waals surface area contributed by atoms with Crippen molar-refractivity contribution in [1.82, 2.24) is 0 Å². The lowest BCUT2D eigenvalue weighted by Crippen LogP contribution is -2.28. The van der Waals surface area contributed by atoms with Crippen molar-refractivity contribution in [2.75, 3.05) is 22.5 Å². The maximum atomic E-state index is 11.9. The summed E-state index contributed by atoms with van der Waals surface area (Å²) in [6, 6.07) is 8.72. The van der Waals surface area contributed by atoms with E-state index in [1.807, 2.05) is 28.8 Å². The van der Waals surface area contributed by atoms with Gasteiger partial charge in [-0.05, 0) is 30.7 Å². The summed E-state index contributed by atoms with van der Waals surface area (Å²) in [5.41, 5.74) is 2.16. The summed E-state index contributed by atoms with van der Waals surface area (Å²) in [7, 11) is 0. The Morgan fingerprint density at radius 3 is 2.89 bits per heavy atom. The van der Waals surface area contributed by atoms with E-state index in [2.05, 4.69) is 24.4 Å². The molecule has 0 aromatic heterocycles. The van der Waals surface area contributed by atoms with Crippen molar-refractivity contribution in [1.29, 1.82) is 0 Å². The minimum Gasteiger partial charge on any atom is -0.379 e. The van der Waals surface area contributed by atoms with Crippen molar-refractivity contribution in [3.63, 3.8) is 0 Å². The number of amides is 1. The quantitative estimate of drug-likeness (QED) is 0.920. The van der Waals surface area contributed by atoms with Gasteiger partial charge in [0.15, 0.2) is 0 Å². The fraction of sp³-hybridized carbons (Fsp3) is 0.533. The van der Waals surface area contributed by atoms with Gasteiger partial charge in [-0.3, -0.25) is 4.79 Å². The Hall–Kier alpha value is -1.16. The molecule has 1 aromatic carbocycles. The summed E-state index contributed by atoms with van der Waals surface area (Å²) in [5.74, 6) is 1.48. The molecule has 4 heteroatoms. The molecule has 3 rings (SSSR count). The molecule has 2 unspecified atom stereocenters. The molecule has 3 nitrogen and oxygen atoms in total. The standard InChI is InChI=1S/C15H20N2OS/c1-11-12(8-10-19-11)16-13-5-2-3-6-14(13)17-9-4-7-15(17)18/h2-3,5-6,11-12,16H,4,7-10H2,1H3. The van der Waals surface area contributed by atoms with Crippen molar-refractivity contribution >= 4 is 29.0 Å². The van der Waals surface area contributed by atoms with Crippen LogP contribution in [0.5, 0.6) is 0 Å². The van der Waals surface area contributed by atoms with Crippen molar-refractivity contribution in [3.8, 4) is 0 Å². The molecular weight excluding hydrogens is 256 g/mol. The highest BCUT2D eigenvalue weighted by atomic mass is 32.2. The average Bonchev–Trinajstić information content (AvgIpc) is 3.00. The predicted molar refractivity (Wildman–Crippen MR) is 82.0 cm³/mol. The van der Waals surface area contributed by atoms with E-state index in [1.165, 1.54) is 12.2 Å². The summed E-state index contributed by atoms with van der Waals surface area (Å²) < 4.78 is 0. The average molecular weight is 276 g/mol. The zero-order valence-corrected chi connectivity index (χ0v) is 12.1. The third-order valence-electron chi connectivity index (χ3n) is 3.99. The van der Waals surface area contributed by atoms with Gasteiger partial charge >= 0.3 is 0 Å². The zero-order chi connectivity index (χ0) is 13.2. The Bertz CT molecular complexity index is 477. The molecule has 0 aliphatic carbocycles. The van der Waals surface area contributed by atoms with E-state index in [0.717, 1.165) is 24.3 Å². The van der Waals surface area contributed by atoms with Gasteiger partial charge in [0.25, 0.3) is 0 Å². The number of anilines is 2. The highest BCUT2D eigenvalue weighted by Crippen LogP contribution is 2.34. The summed E-state index contributed by atoms with van der Waals surface area (Å²) in [6.07, 6.45) is 2.86. The van der Waals surface area contributed by atoms with Gasteiger partial charge in [0.05, 0.1) is 11.4 Å². The number of rotatable bonds is 3. The SMILES string of the molecule is CC1SCCC1Nc1ccccc1N1CCCC1=O. The Kier molecular flexibility index (Phi) is 3.69. The van der Waals surface area contributed by atoms with Crippen molar-refractivity contribution in [2.24, 2.45) is 0 Å².